The molecule has 0 fully saturated rings. The number of nitro groups is 1. The summed E-state index contributed by atoms with van der Waals surface area (Å²) >= 11 is 0. The molecule has 25 heavy (non-hydrogen) atoms. The number of nitrogens with one attached hydrogen (secondary N) is 1. The highest BCUT2D eigenvalue weighted by molar-refractivity contribution is 5.84. The van der Waals surface area contributed by atoms with Crippen molar-refractivity contribution in [2.24, 2.45) is 0 Å². The molecular formula is C18H11N3O4. The van der Waals surface area contributed by atoms with Crippen LogP contribution in [0.15, 0.2) is 70.1 Å². The van der Waals surface area contributed by atoms with E-state index in [4.69, 9.17) is 4.42 Å². The molecule has 0 aliphatic carbocycles. The fraction of sp³-hybridized carbons (Fsp3) is 0. The van der Waals surface area contributed by atoms with Crippen LogP contribution in [-0.4, -0.2) is 14.9 Å². The van der Waals surface area contributed by atoms with E-state index in [1.54, 1.807) is 42.5 Å². The van der Waals surface area contributed by atoms with Crippen LogP contribution in [0.25, 0.3) is 33.6 Å². The summed E-state index contributed by atoms with van der Waals surface area (Å²) in [6.45, 7) is 0. The first-order valence-corrected chi connectivity index (χ1v) is 7.45. The van der Waals surface area contributed by atoms with Gasteiger partial charge in [-0.05, 0) is 30.3 Å². The van der Waals surface area contributed by atoms with Crippen LogP contribution in [0.5, 0.6) is 0 Å². The van der Waals surface area contributed by atoms with Crippen LogP contribution in [0.1, 0.15) is 0 Å². The van der Waals surface area contributed by atoms with Gasteiger partial charge in [-0.15, -0.1) is 0 Å². The number of aromatic amines is 1. The van der Waals surface area contributed by atoms with Crippen molar-refractivity contribution in [3.63, 3.8) is 0 Å². The van der Waals surface area contributed by atoms with Gasteiger partial charge in [0.1, 0.15) is 11.6 Å². The van der Waals surface area contributed by atoms with Gasteiger partial charge in [0.25, 0.3) is 11.2 Å². The fourth-order valence-corrected chi connectivity index (χ4v) is 2.70. The van der Waals surface area contributed by atoms with Crippen molar-refractivity contribution in [2.75, 3.05) is 0 Å². The van der Waals surface area contributed by atoms with E-state index in [0.29, 0.717) is 33.6 Å². The Balaban J connectivity index is 1.99. The van der Waals surface area contributed by atoms with E-state index in [1.165, 1.54) is 18.4 Å². The molecule has 0 aliphatic rings. The van der Waals surface area contributed by atoms with Gasteiger partial charge in [0.15, 0.2) is 0 Å². The van der Waals surface area contributed by atoms with E-state index in [9.17, 15) is 14.9 Å². The third-order valence-corrected chi connectivity index (χ3v) is 3.87. The molecule has 0 saturated heterocycles. The Bertz CT molecular complexity index is 1150. The number of rotatable bonds is 3. The van der Waals surface area contributed by atoms with Crippen molar-refractivity contribution < 1.29 is 9.34 Å². The Kier molecular flexibility index (Phi) is 3.39. The Morgan fingerprint density at radius 2 is 1.88 bits per heavy atom. The highest BCUT2D eigenvalue weighted by Crippen LogP contribution is 2.33. The molecule has 0 saturated carbocycles. The number of para-hydroxylation sites is 1. The smallest absolute Gasteiger partial charge is 0.270 e. The van der Waals surface area contributed by atoms with Gasteiger partial charge in [0.2, 0.25) is 0 Å². The van der Waals surface area contributed by atoms with Crippen molar-refractivity contribution in [2.45, 2.75) is 0 Å². The lowest BCUT2D eigenvalue weighted by Crippen LogP contribution is -2.09. The number of aromatic nitrogens is 2. The summed E-state index contributed by atoms with van der Waals surface area (Å²) in [5.74, 6) is 0.777. The van der Waals surface area contributed by atoms with Gasteiger partial charge in [0.05, 0.1) is 22.1 Å². The SMILES string of the molecule is O=c1[nH]c(-c2ccc([N+](=O)[O-])cc2-c2ccco2)nc2ccccc12. The second-order valence-corrected chi connectivity index (χ2v) is 5.40. The minimum Gasteiger partial charge on any atom is -0.464 e. The Morgan fingerprint density at radius 3 is 2.64 bits per heavy atom. The lowest BCUT2D eigenvalue weighted by atomic mass is 10.0. The van der Waals surface area contributed by atoms with E-state index in [0.717, 1.165) is 0 Å². The summed E-state index contributed by atoms with van der Waals surface area (Å²) in [5.41, 5.74) is 1.23. The van der Waals surface area contributed by atoms with Crippen molar-refractivity contribution in [3.8, 4) is 22.7 Å². The standard InChI is InChI=1S/C18H11N3O4/c22-18-13-4-1-2-5-15(13)19-17(20-18)12-8-7-11(21(23)24)10-14(12)16-6-3-9-25-16/h1-10H,(H,19,20,22). The predicted molar refractivity (Wildman–Crippen MR) is 92.2 cm³/mol. The number of nitrogens with zero attached hydrogens (tertiary/aromatic N) is 2. The third-order valence-electron chi connectivity index (χ3n) is 3.87. The quantitative estimate of drug-likeness (QED) is 0.454. The highest BCUT2D eigenvalue weighted by Gasteiger charge is 2.17. The number of nitro benzene ring substituents is 1. The lowest BCUT2D eigenvalue weighted by Gasteiger charge is -2.08. The van der Waals surface area contributed by atoms with E-state index in [-0.39, 0.29) is 11.2 Å². The zero-order chi connectivity index (χ0) is 17.4. The maximum Gasteiger partial charge on any atom is 0.270 e. The van der Waals surface area contributed by atoms with Gasteiger partial charge in [0, 0.05) is 23.3 Å². The number of benzene rings is 2. The summed E-state index contributed by atoms with van der Waals surface area (Å²) in [7, 11) is 0. The van der Waals surface area contributed by atoms with Crippen LogP contribution in [0, 0.1) is 10.1 Å². The Hall–Kier alpha value is -3.74. The molecular weight excluding hydrogens is 322 g/mol. The first-order valence-electron chi connectivity index (χ1n) is 7.45. The summed E-state index contributed by atoms with van der Waals surface area (Å²) < 4.78 is 5.39. The molecule has 0 bridgehead atoms. The zero-order valence-electron chi connectivity index (χ0n) is 12.8. The van der Waals surface area contributed by atoms with Gasteiger partial charge in [-0.2, -0.15) is 0 Å². The molecule has 4 rings (SSSR count). The lowest BCUT2D eigenvalue weighted by molar-refractivity contribution is -0.384. The predicted octanol–water partition coefficient (Wildman–Crippen LogP) is 3.76. The van der Waals surface area contributed by atoms with Crippen molar-refractivity contribution in [3.05, 3.63) is 81.3 Å². The van der Waals surface area contributed by atoms with Crippen molar-refractivity contribution in [1.82, 2.24) is 9.97 Å². The average molecular weight is 333 g/mol. The second kappa shape index (κ2) is 5.72. The van der Waals surface area contributed by atoms with E-state index < -0.39 is 4.92 Å². The molecule has 7 nitrogen and oxygen atoms in total. The van der Waals surface area contributed by atoms with Crippen LogP contribution >= 0.6 is 0 Å². The number of fused-ring (bicyclic) bond motifs is 1. The van der Waals surface area contributed by atoms with Crippen LogP contribution in [0.4, 0.5) is 5.69 Å². The van der Waals surface area contributed by atoms with Crippen LogP contribution < -0.4 is 5.56 Å². The second-order valence-electron chi connectivity index (χ2n) is 5.40. The summed E-state index contributed by atoms with van der Waals surface area (Å²) in [5, 5.41) is 11.6. The van der Waals surface area contributed by atoms with Gasteiger partial charge in [-0.25, -0.2) is 4.98 Å². The minimum absolute atomic E-state index is 0.0710. The topological polar surface area (TPSA) is 102 Å². The van der Waals surface area contributed by atoms with E-state index in [1.807, 2.05) is 0 Å². The van der Waals surface area contributed by atoms with Crippen LogP contribution in [0.2, 0.25) is 0 Å². The van der Waals surface area contributed by atoms with Gasteiger partial charge < -0.3 is 9.40 Å². The molecule has 2 aromatic carbocycles. The molecule has 122 valence electrons. The summed E-state index contributed by atoms with van der Waals surface area (Å²) in [6, 6.07) is 14.7. The van der Waals surface area contributed by atoms with E-state index in [2.05, 4.69) is 9.97 Å². The van der Waals surface area contributed by atoms with E-state index >= 15 is 0 Å². The first kappa shape index (κ1) is 14.8. The maximum absolute atomic E-state index is 12.3. The van der Waals surface area contributed by atoms with Gasteiger partial charge in [-0.1, -0.05) is 12.1 Å². The van der Waals surface area contributed by atoms with Crippen LogP contribution in [0.3, 0.4) is 0 Å². The number of non-ortho nitro benzene ring substituents is 1. The first-order chi connectivity index (χ1) is 12.1. The molecule has 1 N–H and O–H groups in total. The third kappa shape index (κ3) is 2.57. The molecule has 0 aliphatic heterocycles. The number of H-pyrrole nitrogens is 1. The Morgan fingerprint density at radius 1 is 1.04 bits per heavy atom. The largest absolute Gasteiger partial charge is 0.464 e. The molecule has 7 heteroatoms. The number of furan rings is 1. The van der Waals surface area contributed by atoms with Gasteiger partial charge in [-0.3, -0.25) is 14.9 Å². The van der Waals surface area contributed by atoms with Crippen LogP contribution in [-0.2, 0) is 0 Å². The summed E-state index contributed by atoms with van der Waals surface area (Å²) in [6.07, 6.45) is 1.48. The molecule has 0 atom stereocenters. The monoisotopic (exact) mass is 333 g/mol. The molecule has 0 amide bonds. The molecule has 0 radical (unpaired) electrons. The molecule has 4 aromatic rings. The summed E-state index contributed by atoms with van der Waals surface area (Å²) in [4.78, 5) is 30.2. The van der Waals surface area contributed by atoms with Crippen molar-refractivity contribution in [1.29, 1.82) is 0 Å². The molecule has 0 spiro atoms. The Labute approximate surface area is 140 Å². The highest BCUT2D eigenvalue weighted by atomic mass is 16.6. The minimum atomic E-state index is -0.479. The zero-order valence-corrected chi connectivity index (χ0v) is 12.8. The molecule has 2 heterocycles. The number of hydrogen-bond acceptors (Lipinski definition) is 5. The van der Waals surface area contributed by atoms with Gasteiger partial charge >= 0.3 is 0 Å². The average Bonchev–Trinajstić information content (AvgIpc) is 3.15. The molecule has 2 aromatic heterocycles. The fourth-order valence-electron chi connectivity index (χ4n) is 2.70. The maximum atomic E-state index is 12.3. The molecule has 0 unspecified atom stereocenters. The van der Waals surface area contributed by atoms with Crippen molar-refractivity contribution >= 4 is 16.6 Å². The number of hydrogen-bond donors (Lipinski definition) is 1. The normalized spacial score (nSPS) is 10.9.